The quantitative estimate of drug-likeness (QED) is 0.202. The van der Waals surface area contributed by atoms with Crippen molar-refractivity contribution in [3.05, 3.63) is 182 Å². The molecule has 0 spiro atoms. The normalized spacial score (nSPS) is 11.3. The number of rotatable bonds is 6. The van der Waals surface area contributed by atoms with Crippen LogP contribution in [-0.2, 0) is 0 Å². The Morgan fingerprint density at radius 2 is 0.792 bits per heavy atom. The van der Waals surface area contributed by atoms with Gasteiger partial charge in [0.05, 0.1) is 5.69 Å². The molecule has 0 radical (unpaired) electrons. The Hall–Kier alpha value is -6.38. The molecular formula is C46H31NO. The molecule has 2 heteroatoms. The summed E-state index contributed by atoms with van der Waals surface area (Å²) in [5, 5.41) is 8.36. The number of anilines is 2. The van der Waals surface area contributed by atoms with Crippen LogP contribution in [0, 0.1) is 0 Å². The van der Waals surface area contributed by atoms with Crippen molar-refractivity contribution in [3.8, 4) is 44.5 Å². The SMILES string of the molecule is c1ccc2c(-c3ccc(-c4ccc(-c5ccc(-c6ccc(Nc7cccc8c7oc7ccccc78)cc6)cc5)cc4)cc3)cccc2c1. The van der Waals surface area contributed by atoms with E-state index in [-0.39, 0.29) is 0 Å². The second-order valence-electron chi connectivity index (χ2n) is 12.2. The van der Waals surface area contributed by atoms with Crippen LogP contribution in [0.15, 0.2) is 186 Å². The standard InChI is InChI=1S/C46H31NO/c1-2-9-40-37(7-1)8-5-11-41(40)38-25-23-35(24-26-38)33-17-15-31(16-18-33)32-19-21-34(22-20-32)36-27-29-39(30-28-36)47-44-13-6-12-43-42-10-3-4-14-45(42)48-46(43)44/h1-30,47H. The average molecular weight is 614 g/mol. The number of fused-ring (bicyclic) bond motifs is 4. The third-order valence-electron chi connectivity index (χ3n) is 9.32. The third kappa shape index (κ3) is 5.10. The zero-order valence-electron chi connectivity index (χ0n) is 26.2. The zero-order valence-corrected chi connectivity index (χ0v) is 26.2. The summed E-state index contributed by atoms with van der Waals surface area (Å²) in [7, 11) is 0. The average Bonchev–Trinajstić information content (AvgIpc) is 3.55. The maximum absolute atomic E-state index is 6.19. The summed E-state index contributed by atoms with van der Waals surface area (Å²) in [5.74, 6) is 0. The monoisotopic (exact) mass is 613 g/mol. The van der Waals surface area contributed by atoms with E-state index in [2.05, 4.69) is 169 Å². The van der Waals surface area contributed by atoms with Crippen LogP contribution >= 0.6 is 0 Å². The molecule has 8 aromatic carbocycles. The van der Waals surface area contributed by atoms with Gasteiger partial charge >= 0.3 is 0 Å². The van der Waals surface area contributed by atoms with Crippen LogP contribution in [0.5, 0.6) is 0 Å². The second-order valence-corrected chi connectivity index (χ2v) is 12.2. The molecule has 1 heterocycles. The minimum absolute atomic E-state index is 0.876. The number of furan rings is 1. The van der Waals surface area contributed by atoms with Crippen molar-refractivity contribution in [3.63, 3.8) is 0 Å². The van der Waals surface area contributed by atoms with Gasteiger partial charge in [-0.05, 0) is 79.5 Å². The van der Waals surface area contributed by atoms with Crippen molar-refractivity contribution in [2.45, 2.75) is 0 Å². The maximum Gasteiger partial charge on any atom is 0.158 e. The molecule has 9 rings (SSSR count). The van der Waals surface area contributed by atoms with Gasteiger partial charge in [-0.25, -0.2) is 0 Å². The molecule has 0 aliphatic rings. The van der Waals surface area contributed by atoms with Crippen LogP contribution in [0.25, 0.3) is 77.2 Å². The van der Waals surface area contributed by atoms with Gasteiger partial charge in [-0.2, -0.15) is 0 Å². The fourth-order valence-corrected chi connectivity index (χ4v) is 6.78. The highest BCUT2D eigenvalue weighted by molar-refractivity contribution is 6.09. The Kier molecular flexibility index (Phi) is 6.84. The predicted octanol–water partition coefficient (Wildman–Crippen LogP) is 13.2. The van der Waals surface area contributed by atoms with Crippen LogP contribution in [0.4, 0.5) is 11.4 Å². The summed E-state index contributed by atoms with van der Waals surface area (Å²) in [5.41, 5.74) is 13.5. The fourth-order valence-electron chi connectivity index (χ4n) is 6.78. The largest absolute Gasteiger partial charge is 0.454 e. The molecule has 9 aromatic rings. The Bertz CT molecular complexity index is 2540. The van der Waals surface area contributed by atoms with E-state index in [1.165, 1.54) is 55.3 Å². The van der Waals surface area contributed by atoms with Crippen molar-refractivity contribution in [2.75, 3.05) is 5.32 Å². The molecule has 1 aromatic heterocycles. The smallest absolute Gasteiger partial charge is 0.158 e. The Balaban J connectivity index is 0.896. The summed E-state index contributed by atoms with van der Waals surface area (Å²) < 4.78 is 6.19. The van der Waals surface area contributed by atoms with Crippen LogP contribution in [0.2, 0.25) is 0 Å². The number of hydrogen-bond acceptors (Lipinski definition) is 2. The van der Waals surface area contributed by atoms with Gasteiger partial charge in [0.15, 0.2) is 5.58 Å². The molecule has 0 atom stereocenters. The highest BCUT2D eigenvalue weighted by Gasteiger charge is 2.11. The van der Waals surface area contributed by atoms with Crippen LogP contribution in [0.3, 0.4) is 0 Å². The van der Waals surface area contributed by atoms with Gasteiger partial charge in [0.25, 0.3) is 0 Å². The third-order valence-corrected chi connectivity index (χ3v) is 9.32. The van der Waals surface area contributed by atoms with Gasteiger partial charge in [-0.3, -0.25) is 0 Å². The summed E-state index contributed by atoms with van der Waals surface area (Å²) in [6.45, 7) is 0. The molecule has 0 fully saturated rings. The summed E-state index contributed by atoms with van der Waals surface area (Å²) in [6.07, 6.45) is 0. The Morgan fingerprint density at radius 1 is 0.333 bits per heavy atom. The first-order valence-corrected chi connectivity index (χ1v) is 16.3. The van der Waals surface area contributed by atoms with Gasteiger partial charge in [-0.1, -0.05) is 158 Å². The summed E-state index contributed by atoms with van der Waals surface area (Å²) in [6, 6.07) is 64.7. The lowest BCUT2D eigenvalue weighted by molar-refractivity contribution is 0.670. The number of hydrogen-bond donors (Lipinski definition) is 1. The van der Waals surface area contributed by atoms with Gasteiger partial charge in [-0.15, -0.1) is 0 Å². The molecule has 1 N–H and O–H groups in total. The molecule has 2 nitrogen and oxygen atoms in total. The molecular weight excluding hydrogens is 583 g/mol. The van der Waals surface area contributed by atoms with E-state index in [9.17, 15) is 0 Å². The molecule has 0 saturated carbocycles. The lowest BCUT2D eigenvalue weighted by Crippen LogP contribution is -1.90. The van der Waals surface area contributed by atoms with Crippen LogP contribution in [0.1, 0.15) is 0 Å². The van der Waals surface area contributed by atoms with Crippen molar-refractivity contribution in [1.29, 1.82) is 0 Å². The van der Waals surface area contributed by atoms with E-state index >= 15 is 0 Å². The molecule has 0 amide bonds. The first kappa shape index (κ1) is 27.9. The van der Waals surface area contributed by atoms with Gasteiger partial charge in [0.2, 0.25) is 0 Å². The van der Waals surface area contributed by atoms with Crippen molar-refractivity contribution in [2.24, 2.45) is 0 Å². The molecule has 0 unspecified atom stereocenters. The van der Waals surface area contributed by atoms with E-state index < -0.39 is 0 Å². The van der Waals surface area contributed by atoms with E-state index in [0.29, 0.717) is 0 Å². The zero-order chi connectivity index (χ0) is 31.9. The molecule has 0 aliphatic carbocycles. The number of para-hydroxylation sites is 2. The summed E-state index contributed by atoms with van der Waals surface area (Å²) in [4.78, 5) is 0. The Labute approximate surface area is 279 Å². The van der Waals surface area contributed by atoms with Gasteiger partial charge < -0.3 is 9.73 Å². The molecule has 0 aliphatic heterocycles. The van der Waals surface area contributed by atoms with E-state index in [0.717, 1.165) is 33.3 Å². The van der Waals surface area contributed by atoms with Crippen molar-refractivity contribution >= 4 is 44.1 Å². The first-order chi connectivity index (χ1) is 23.8. The van der Waals surface area contributed by atoms with Crippen LogP contribution in [-0.4, -0.2) is 0 Å². The van der Waals surface area contributed by atoms with Gasteiger partial charge in [0.1, 0.15) is 5.58 Å². The maximum atomic E-state index is 6.19. The molecule has 0 bridgehead atoms. The van der Waals surface area contributed by atoms with Crippen molar-refractivity contribution in [1.82, 2.24) is 0 Å². The Morgan fingerprint density at radius 3 is 1.42 bits per heavy atom. The minimum Gasteiger partial charge on any atom is -0.454 e. The minimum atomic E-state index is 0.876. The fraction of sp³-hybridized carbons (Fsp3) is 0. The highest BCUT2D eigenvalue weighted by Crippen LogP contribution is 2.36. The van der Waals surface area contributed by atoms with Gasteiger partial charge in [0, 0.05) is 16.5 Å². The first-order valence-electron chi connectivity index (χ1n) is 16.3. The molecule has 0 saturated heterocycles. The molecule has 226 valence electrons. The number of nitrogens with one attached hydrogen (secondary N) is 1. The lowest BCUT2D eigenvalue weighted by atomic mass is 9.95. The highest BCUT2D eigenvalue weighted by atomic mass is 16.3. The van der Waals surface area contributed by atoms with E-state index in [1.807, 2.05) is 18.2 Å². The number of benzene rings is 8. The molecule has 48 heavy (non-hydrogen) atoms. The topological polar surface area (TPSA) is 25.2 Å². The summed E-state index contributed by atoms with van der Waals surface area (Å²) >= 11 is 0. The second kappa shape index (κ2) is 11.8. The van der Waals surface area contributed by atoms with E-state index in [1.54, 1.807) is 0 Å². The lowest BCUT2D eigenvalue weighted by Gasteiger charge is -2.10. The van der Waals surface area contributed by atoms with Crippen LogP contribution < -0.4 is 5.32 Å². The predicted molar refractivity (Wildman–Crippen MR) is 203 cm³/mol. The van der Waals surface area contributed by atoms with E-state index in [4.69, 9.17) is 4.42 Å². The van der Waals surface area contributed by atoms with Crippen molar-refractivity contribution < 1.29 is 4.42 Å².